The average Bonchev–Trinajstić information content (AvgIpc) is 2.49. The van der Waals surface area contributed by atoms with E-state index in [4.69, 9.17) is 15.6 Å². The van der Waals surface area contributed by atoms with Gasteiger partial charge < -0.3 is 15.6 Å². The second kappa shape index (κ2) is 5.09. The Hall–Kier alpha value is -3.15. The van der Waals surface area contributed by atoms with Crippen LogP contribution in [0.2, 0.25) is 0 Å². The predicted octanol–water partition coefficient (Wildman–Crippen LogP) is 2.70. The Balaban J connectivity index is 1.93. The minimum absolute atomic E-state index is 0.0139. The van der Waals surface area contributed by atoms with Gasteiger partial charge >= 0.3 is 5.97 Å². The molecule has 2 aromatic heterocycles. The largest absolute Gasteiger partial charge is 0.478 e. The van der Waals surface area contributed by atoms with E-state index in [1.54, 1.807) is 18.3 Å². The first kappa shape index (κ1) is 12.9. The SMILES string of the molecule is Nc1cc(C(=O)O)cnc1Oc1ccc2cccnc2c1. The highest BCUT2D eigenvalue weighted by molar-refractivity contribution is 5.88. The molecule has 0 spiro atoms. The van der Waals surface area contributed by atoms with Gasteiger partial charge in [-0.3, -0.25) is 4.98 Å². The molecule has 3 rings (SSSR count). The molecule has 6 heteroatoms. The summed E-state index contributed by atoms with van der Waals surface area (Å²) in [6.45, 7) is 0. The number of carbonyl (C=O) groups is 1. The molecule has 0 unspecified atom stereocenters. The first-order valence-electron chi connectivity index (χ1n) is 6.15. The first-order valence-corrected chi connectivity index (χ1v) is 6.15. The Kier molecular flexibility index (Phi) is 3.12. The van der Waals surface area contributed by atoms with Gasteiger partial charge in [-0.05, 0) is 24.3 Å². The van der Waals surface area contributed by atoms with E-state index in [9.17, 15) is 4.79 Å². The van der Waals surface area contributed by atoms with Crippen molar-refractivity contribution < 1.29 is 14.6 Å². The van der Waals surface area contributed by atoms with Crippen LogP contribution >= 0.6 is 0 Å². The monoisotopic (exact) mass is 281 g/mol. The highest BCUT2D eigenvalue weighted by Gasteiger charge is 2.10. The summed E-state index contributed by atoms with van der Waals surface area (Å²) < 4.78 is 5.58. The van der Waals surface area contributed by atoms with Crippen molar-refractivity contribution in [2.45, 2.75) is 0 Å². The smallest absolute Gasteiger partial charge is 0.337 e. The standard InChI is InChI=1S/C15H11N3O3/c16-12-6-10(15(19)20)8-18-14(12)21-11-4-3-9-2-1-5-17-13(9)7-11/h1-8H,16H2,(H,19,20). The van der Waals surface area contributed by atoms with E-state index in [2.05, 4.69) is 9.97 Å². The topological polar surface area (TPSA) is 98.3 Å². The molecule has 0 saturated heterocycles. The molecule has 3 N–H and O–H groups in total. The zero-order valence-electron chi connectivity index (χ0n) is 10.9. The fourth-order valence-electron chi connectivity index (χ4n) is 1.89. The normalized spacial score (nSPS) is 10.5. The van der Waals surface area contributed by atoms with Crippen molar-refractivity contribution in [3.05, 3.63) is 54.4 Å². The van der Waals surface area contributed by atoms with Gasteiger partial charge in [0.2, 0.25) is 5.88 Å². The average molecular weight is 281 g/mol. The number of anilines is 1. The highest BCUT2D eigenvalue weighted by atomic mass is 16.5. The molecule has 2 heterocycles. The molecule has 0 aliphatic heterocycles. The summed E-state index contributed by atoms with van der Waals surface area (Å²) in [7, 11) is 0. The van der Waals surface area contributed by atoms with Crippen LogP contribution in [0, 0.1) is 0 Å². The summed E-state index contributed by atoms with van der Waals surface area (Å²) in [5.41, 5.74) is 6.72. The number of nitrogens with zero attached hydrogens (tertiary/aromatic N) is 2. The van der Waals surface area contributed by atoms with Gasteiger partial charge in [0.25, 0.3) is 0 Å². The zero-order valence-corrected chi connectivity index (χ0v) is 10.9. The number of fused-ring (bicyclic) bond motifs is 1. The number of nitrogen functional groups attached to an aromatic ring is 1. The number of nitrogens with two attached hydrogens (primary N) is 1. The summed E-state index contributed by atoms with van der Waals surface area (Å²) >= 11 is 0. The van der Waals surface area contributed by atoms with E-state index in [1.807, 2.05) is 18.2 Å². The van der Waals surface area contributed by atoms with Gasteiger partial charge in [-0.1, -0.05) is 6.07 Å². The lowest BCUT2D eigenvalue weighted by molar-refractivity contribution is 0.0696. The lowest BCUT2D eigenvalue weighted by atomic mass is 10.2. The molecule has 104 valence electrons. The predicted molar refractivity (Wildman–Crippen MR) is 77.4 cm³/mol. The number of hydrogen-bond acceptors (Lipinski definition) is 5. The highest BCUT2D eigenvalue weighted by Crippen LogP contribution is 2.27. The number of benzene rings is 1. The van der Waals surface area contributed by atoms with E-state index in [1.165, 1.54) is 12.3 Å². The molecule has 1 aromatic carbocycles. The molecule has 0 aliphatic rings. The van der Waals surface area contributed by atoms with Crippen LogP contribution in [0.3, 0.4) is 0 Å². The quantitative estimate of drug-likeness (QED) is 0.765. The molecule has 0 radical (unpaired) electrons. The van der Waals surface area contributed by atoms with Crippen molar-refractivity contribution in [1.82, 2.24) is 9.97 Å². The molecule has 0 saturated carbocycles. The Morgan fingerprint density at radius 2 is 2.05 bits per heavy atom. The molecule has 0 amide bonds. The summed E-state index contributed by atoms with van der Waals surface area (Å²) in [6, 6.07) is 10.5. The Bertz CT molecular complexity index is 833. The summed E-state index contributed by atoms with van der Waals surface area (Å²) in [5, 5.41) is 9.86. The van der Waals surface area contributed by atoms with Gasteiger partial charge in [-0.2, -0.15) is 0 Å². The van der Waals surface area contributed by atoms with Crippen LogP contribution in [-0.2, 0) is 0 Å². The third kappa shape index (κ3) is 2.59. The van der Waals surface area contributed by atoms with Gasteiger partial charge in [-0.15, -0.1) is 0 Å². The van der Waals surface area contributed by atoms with E-state index in [-0.39, 0.29) is 17.1 Å². The number of rotatable bonds is 3. The number of aromatic nitrogens is 2. The van der Waals surface area contributed by atoms with E-state index >= 15 is 0 Å². The molecule has 0 fully saturated rings. The Morgan fingerprint density at radius 1 is 1.19 bits per heavy atom. The van der Waals surface area contributed by atoms with Crippen LogP contribution < -0.4 is 10.5 Å². The molecular formula is C15H11N3O3. The third-order valence-electron chi connectivity index (χ3n) is 2.92. The Morgan fingerprint density at radius 3 is 2.81 bits per heavy atom. The molecular weight excluding hydrogens is 270 g/mol. The van der Waals surface area contributed by atoms with Crippen LogP contribution in [-0.4, -0.2) is 21.0 Å². The van der Waals surface area contributed by atoms with Crippen molar-refractivity contribution in [2.24, 2.45) is 0 Å². The van der Waals surface area contributed by atoms with Gasteiger partial charge in [0, 0.05) is 23.8 Å². The lowest BCUT2D eigenvalue weighted by Crippen LogP contribution is -2.01. The van der Waals surface area contributed by atoms with Crippen molar-refractivity contribution in [2.75, 3.05) is 5.73 Å². The van der Waals surface area contributed by atoms with E-state index in [0.29, 0.717) is 5.75 Å². The van der Waals surface area contributed by atoms with Crippen molar-refractivity contribution in [3.8, 4) is 11.6 Å². The van der Waals surface area contributed by atoms with Crippen LogP contribution in [0.25, 0.3) is 10.9 Å². The van der Waals surface area contributed by atoms with Crippen molar-refractivity contribution >= 4 is 22.6 Å². The fourth-order valence-corrected chi connectivity index (χ4v) is 1.89. The van der Waals surface area contributed by atoms with Crippen LogP contribution in [0.5, 0.6) is 11.6 Å². The minimum Gasteiger partial charge on any atom is -0.478 e. The second-order valence-corrected chi connectivity index (χ2v) is 4.38. The number of carboxylic acid groups (broad SMARTS) is 1. The van der Waals surface area contributed by atoms with E-state index in [0.717, 1.165) is 10.9 Å². The maximum absolute atomic E-state index is 10.8. The molecule has 0 bridgehead atoms. The van der Waals surface area contributed by atoms with E-state index < -0.39 is 5.97 Å². The number of pyridine rings is 2. The first-order chi connectivity index (χ1) is 10.1. The molecule has 0 aliphatic carbocycles. The van der Waals surface area contributed by atoms with Gasteiger partial charge in [0.1, 0.15) is 5.75 Å². The van der Waals surface area contributed by atoms with Crippen molar-refractivity contribution in [3.63, 3.8) is 0 Å². The lowest BCUT2D eigenvalue weighted by Gasteiger charge is -2.08. The maximum atomic E-state index is 10.8. The van der Waals surface area contributed by atoms with Gasteiger partial charge in [0.15, 0.2) is 0 Å². The molecule has 0 atom stereocenters. The van der Waals surface area contributed by atoms with Crippen LogP contribution in [0.4, 0.5) is 5.69 Å². The number of carboxylic acids is 1. The van der Waals surface area contributed by atoms with Crippen molar-refractivity contribution in [1.29, 1.82) is 0 Å². The van der Waals surface area contributed by atoms with Crippen LogP contribution in [0.1, 0.15) is 10.4 Å². The maximum Gasteiger partial charge on any atom is 0.337 e. The molecule has 21 heavy (non-hydrogen) atoms. The number of aromatic carboxylic acids is 1. The Labute approximate surface area is 119 Å². The van der Waals surface area contributed by atoms with Crippen LogP contribution in [0.15, 0.2) is 48.8 Å². The summed E-state index contributed by atoms with van der Waals surface area (Å²) in [6.07, 6.45) is 2.90. The zero-order chi connectivity index (χ0) is 14.8. The number of hydrogen-bond donors (Lipinski definition) is 2. The molecule has 3 aromatic rings. The molecule has 6 nitrogen and oxygen atoms in total. The number of ether oxygens (including phenoxy) is 1. The second-order valence-electron chi connectivity index (χ2n) is 4.38. The summed E-state index contributed by atoms with van der Waals surface area (Å²) in [4.78, 5) is 19.0. The minimum atomic E-state index is -1.09. The van der Waals surface area contributed by atoms with Gasteiger partial charge in [-0.25, -0.2) is 9.78 Å². The third-order valence-corrected chi connectivity index (χ3v) is 2.92. The fraction of sp³-hybridized carbons (Fsp3) is 0. The van der Waals surface area contributed by atoms with Gasteiger partial charge in [0.05, 0.1) is 16.8 Å². The summed E-state index contributed by atoms with van der Waals surface area (Å²) in [5.74, 6) is -0.394.